The third kappa shape index (κ3) is 2.49. The van der Waals surface area contributed by atoms with Gasteiger partial charge >= 0.3 is 5.97 Å². The summed E-state index contributed by atoms with van der Waals surface area (Å²) in [5.41, 5.74) is 2.42. The Bertz CT molecular complexity index is 906. The van der Waals surface area contributed by atoms with Crippen molar-refractivity contribution in [1.29, 1.82) is 0 Å². The van der Waals surface area contributed by atoms with Gasteiger partial charge in [-0.05, 0) is 48.9 Å². The Morgan fingerprint density at radius 3 is 2.59 bits per heavy atom. The molecule has 0 aliphatic carbocycles. The van der Waals surface area contributed by atoms with E-state index in [2.05, 4.69) is 4.98 Å². The number of pyridine rings is 1. The highest BCUT2D eigenvalue weighted by Gasteiger charge is 2.15. The minimum atomic E-state index is -1.07. The van der Waals surface area contributed by atoms with Crippen LogP contribution in [0.15, 0.2) is 42.5 Å². The van der Waals surface area contributed by atoms with Gasteiger partial charge in [0.05, 0.1) is 16.8 Å². The Kier molecular flexibility index (Phi) is 3.47. The molecule has 2 aromatic carbocycles. The van der Waals surface area contributed by atoms with Gasteiger partial charge in [0.1, 0.15) is 5.75 Å². The van der Waals surface area contributed by atoms with E-state index in [0.717, 1.165) is 5.56 Å². The predicted octanol–water partition coefficient (Wildman–Crippen LogP) is 4.27. The lowest BCUT2D eigenvalue weighted by atomic mass is 10.0. The standard InChI is InChI=1S/C17H12ClNO3/c1-9-2-4-11(16(20)6-9)15-8-13(17(21)22)12-7-10(18)3-5-14(12)19-15/h2-8,20H,1H3,(H,21,22). The zero-order valence-electron chi connectivity index (χ0n) is 11.7. The third-order valence-corrected chi connectivity index (χ3v) is 3.67. The summed E-state index contributed by atoms with van der Waals surface area (Å²) in [6.45, 7) is 1.86. The predicted molar refractivity (Wildman–Crippen MR) is 85.6 cm³/mol. The molecule has 3 rings (SSSR count). The van der Waals surface area contributed by atoms with Gasteiger partial charge in [-0.15, -0.1) is 0 Å². The van der Waals surface area contributed by atoms with Crippen LogP contribution in [0.4, 0.5) is 0 Å². The van der Waals surface area contributed by atoms with Crippen LogP contribution in [0.5, 0.6) is 5.75 Å². The summed E-state index contributed by atoms with van der Waals surface area (Å²) in [6, 6.07) is 11.5. The van der Waals surface area contributed by atoms with E-state index >= 15 is 0 Å². The zero-order valence-corrected chi connectivity index (χ0v) is 12.4. The topological polar surface area (TPSA) is 70.4 Å². The summed E-state index contributed by atoms with van der Waals surface area (Å²) < 4.78 is 0. The monoisotopic (exact) mass is 313 g/mol. The number of nitrogens with zero attached hydrogens (tertiary/aromatic N) is 1. The summed E-state index contributed by atoms with van der Waals surface area (Å²) >= 11 is 5.93. The van der Waals surface area contributed by atoms with Gasteiger partial charge in [0, 0.05) is 16.0 Å². The van der Waals surface area contributed by atoms with E-state index in [1.54, 1.807) is 30.3 Å². The van der Waals surface area contributed by atoms with Gasteiger partial charge in [-0.3, -0.25) is 0 Å². The average Bonchev–Trinajstić information content (AvgIpc) is 2.46. The Labute approximate surface area is 131 Å². The number of phenolic OH excluding ortho intramolecular Hbond substituents is 1. The minimum Gasteiger partial charge on any atom is -0.507 e. The van der Waals surface area contributed by atoms with Crippen molar-refractivity contribution in [2.75, 3.05) is 0 Å². The van der Waals surface area contributed by atoms with Crippen molar-refractivity contribution >= 4 is 28.5 Å². The van der Waals surface area contributed by atoms with Crippen LogP contribution >= 0.6 is 11.6 Å². The Hall–Kier alpha value is -2.59. The van der Waals surface area contributed by atoms with Crippen LogP contribution in [0, 0.1) is 6.92 Å². The van der Waals surface area contributed by atoms with Crippen molar-refractivity contribution in [2.45, 2.75) is 6.92 Å². The Morgan fingerprint density at radius 2 is 1.91 bits per heavy atom. The fourth-order valence-corrected chi connectivity index (χ4v) is 2.54. The molecule has 5 heteroatoms. The van der Waals surface area contributed by atoms with Crippen molar-refractivity contribution in [3.8, 4) is 17.0 Å². The second-order valence-corrected chi connectivity index (χ2v) is 5.48. The first-order valence-corrected chi connectivity index (χ1v) is 6.97. The van der Waals surface area contributed by atoms with Crippen LogP contribution in [0.2, 0.25) is 5.02 Å². The minimum absolute atomic E-state index is 0.0668. The summed E-state index contributed by atoms with van der Waals surface area (Å²) in [7, 11) is 0. The number of aryl methyl sites for hydroxylation is 1. The number of hydrogen-bond acceptors (Lipinski definition) is 3. The van der Waals surface area contributed by atoms with Crippen molar-refractivity contribution in [1.82, 2.24) is 4.98 Å². The molecule has 0 bridgehead atoms. The smallest absolute Gasteiger partial charge is 0.336 e. The van der Waals surface area contributed by atoms with E-state index in [4.69, 9.17) is 11.6 Å². The van der Waals surface area contributed by atoms with Gasteiger partial charge in [-0.1, -0.05) is 17.7 Å². The first kappa shape index (κ1) is 14.4. The lowest BCUT2D eigenvalue weighted by molar-refractivity contribution is 0.0699. The maximum atomic E-state index is 11.5. The van der Waals surface area contributed by atoms with Crippen molar-refractivity contribution in [3.63, 3.8) is 0 Å². The van der Waals surface area contributed by atoms with Crippen LogP contribution in [-0.2, 0) is 0 Å². The molecule has 0 aliphatic heterocycles. The molecule has 3 aromatic rings. The molecule has 0 saturated heterocycles. The van der Waals surface area contributed by atoms with Crippen LogP contribution in [-0.4, -0.2) is 21.2 Å². The number of fused-ring (bicyclic) bond motifs is 1. The molecule has 1 heterocycles. The van der Waals surface area contributed by atoms with Crippen molar-refractivity contribution in [3.05, 3.63) is 58.6 Å². The first-order chi connectivity index (χ1) is 10.5. The summed E-state index contributed by atoms with van der Waals surface area (Å²) in [4.78, 5) is 16.0. The van der Waals surface area contributed by atoms with E-state index in [1.807, 2.05) is 13.0 Å². The number of aromatic carboxylic acids is 1. The number of hydrogen-bond donors (Lipinski definition) is 2. The van der Waals surface area contributed by atoms with Gasteiger partial charge in [0.2, 0.25) is 0 Å². The lowest BCUT2D eigenvalue weighted by Gasteiger charge is -2.09. The highest BCUT2D eigenvalue weighted by Crippen LogP contribution is 2.32. The SMILES string of the molecule is Cc1ccc(-c2cc(C(=O)O)c3cc(Cl)ccc3n2)c(O)c1. The molecule has 0 amide bonds. The molecule has 0 saturated carbocycles. The van der Waals surface area contributed by atoms with Crippen LogP contribution in [0.3, 0.4) is 0 Å². The van der Waals surface area contributed by atoms with Crippen molar-refractivity contribution in [2.24, 2.45) is 0 Å². The fraction of sp³-hybridized carbons (Fsp3) is 0.0588. The fourth-order valence-electron chi connectivity index (χ4n) is 2.37. The molecule has 1 aromatic heterocycles. The summed E-state index contributed by atoms with van der Waals surface area (Å²) in [5, 5.41) is 20.4. The zero-order chi connectivity index (χ0) is 15.9. The number of benzene rings is 2. The number of carboxylic acid groups (broad SMARTS) is 1. The molecule has 110 valence electrons. The molecular weight excluding hydrogens is 302 g/mol. The maximum Gasteiger partial charge on any atom is 0.336 e. The third-order valence-electron chi connectivity index (χ3n) is 3.43. The molecule has 0 aliphatic rings. The van der Waals surface area contributed by atoms with E-state index in [9.17, 15) is 15.0 Å². The van der Waals surface area contributed by atoms with E-state index in [0.29, 0.717) is 27.2 Å². The Morgan fingerprint density at radius 1 is 1.14 bits per heavy atom. The van der Waals surface area contributed by atoms with Crippen LogP contribution in [0.1, 0.15) is 15.9 Å². The number of rotatable bonds is 2. The summed E-state index contributed by atoms with van der Waals surface area (Å²) in [5.74, 6) is -1.00. The number of carbonyl (C=O) groups is 1. The van der Waals surface area contributed by atoms with Gasteiger partial charge in [-0.2, -0.15) is 0 Å². The number of carboxylic acids is 1. The molecule has 0 unspecified atom stereocenters. The molecule has 4 nitrogen and oxygen atoms in total. The van der Waals surface area contributed by atoms with Gasteiger partial charge < -0.3 is 10.2 Å². The second-order valence-electron chi connectivity index (χ2n) is 5.04. The van der Waals surface area contributed by atoms with Crippen LogP contribution in [0.25, 0.3) is 22.2 Å². The van der Waals surface area contributed by atoms with E-state index < -0.39 is 5.97 Å². The van der Waals surface area contributed by atoms with E-state index in [-0.39, 0.29) is 11.3 Å². The molecule has 2 N–H and O–H groups in total. The van der Waals surface area contributed by atoms with Gasteiger partial charge in [0.15, 0.2) is 0 Å². The maximum absolute atomic E-state index is 11.5. The molecular formula is C17H12ClNO3. The lowest BCUT2D eigenvalue weighted by Crippen LogP contribution is -2.00. The largest absolute Gasteiger partial charge is 0.507 e. The second kappa shape index (κ2) is 5.31. The van der Waals surface area contributed by atoms with Gasteiger partial charge in [0.25, 0.3) is 0 Å². The highest BCUT2D eigenvalue weighted by atomic mass is 35.5. The normalized spacial score (nSPS) is 10.8. The molecule has 22 heavy (non-hydrogen) atoms. The molecule has 0 spiro atoms. The molecule has 0 atom stereocenters. The molecule has 0 radical (unpaired) electrons. The van der Waals surface area contributed by atoms with Crippen LogP contribution < -0.4 is 0 Å². The average molecular weight is 314 g/mol. The first-order valence-electron chi connectivity index (χ1n) is 6.59. The van der Waals surface area contributed by atoms with Crippen molar-refractivity contribution < 1.29 is 15.0 Å². The number of aromatic hydroxyl groups is 1. The molecule has 0 fully saturated rings. The number of halogens is 1. The Balaban J connectivity index is 2.32. The number of phenols is 1. The summed E-state index contributed by atoms with van der Waals surface area (Å²) in [6.07, 6.45) is 0. The number of aromatic nitrogens is 1. The van der Waals surface area contributed by atoms with E-state index in [1.165, 1.54) is 6.07 Å². The van der Waals surface area contributed by atoms with Gasteiger partial charge in [-0.25, -0.2) is 9.78 Å². The highest BCUT2D eigenvalue weighted by molar-refractivity contribution is 6.31. The quantitative estimate of drug-likeness (QED) is 0.741.